The van der Waals surface area contributed by atoms with Gasteiger partial charge in [0.1, 0.15) is 11.6 Å². The average Bonchev–Trinajstić information content (AvgIpc) is 2.74. The lowest BCUT2D eigenvalue weighted by atomic mass is 10.1. The number of rotatable bonds is 8. The molecule has 1 N–H and O–H groups in total. The lowest BCUT2D eigenvalue weighted by Gasteiger charge is -2.10. The second-order valence-corrected chi connectivity index (χ2v) is 7.41. The first-order valence-corrected chi connectivity index (χ1v) is 9.88. The summed E-state index contributed by atoms with van der Waals surface area (Å²) in [6.45, 7) is 5.26. The Labute approximate surface area is 171 Å². The van der Waals surface area contributed by atoms with Crippen molar-refractivity contribution < 1.29 is 13.9 Å². The Balaban J connectivity index is 1.56. The van der Waals surface area contributed by atoms with Crippen LogP contribution in [0.25, 0.3) is 11.1 Å². The van der Waals surface area contributed by atoms with Crippen molar-refractivity contribution in [3.8, 4) is 16.9 Å². The third-order valence-electron chi connectivity index (χ3n) is 4.57. The highest BCUT2D eigenvalue weighted by molar-refractivity contribution is 5.94. The molecule has 0 atom stereocenters. The third kappa shape index (κ3) is 5.92. The van der Waals surface area contributed by atoms with Gasteiger partial charge in [0.05, 0.1) is 6.61 Å². The number of benzene rings is 3. The highest BCUT2D eigenvalue weighted by Gasteiger charge is 2.08. The predicted molar refractivity (Wildman–Crippen MR) is 115 cm³/mol. The third-order valence-corrected chi connectivity index (χ3v) is 4.57. The first-order chi connectivity index (χ1) is 14.0. The number of carbonyl (C=O) groups excluding carboxylic acids is 1. The van der Waals surface area contributed by atoms with Gasteiger partial charge < -0.3 is 10.1 Å². The van der Waals surface area contributed by atoms with Crippen LogP contribution in [0.1, 0.15) is 29.8 Å². The van der Waals surface area contributed by atoms with E-state index >= 15 is 0 Å². The van der Waals surface area contributed by atoms with Crippen LogP contribution in [0.5, 0.6) is 5.75 Å². The first kappa shape index (κ1) is 20.6. The molecule has 0 radical (unpaired) electrons. The molecule has 3 aromatic carbocycles. The molecule has 0 spiro atoms. The van der Waals surface area contributed by atoms with Crippen molar-refractivity contribution in [2.45, 2.75) is 20.3 Å². The quantitative estimate of drug-likeness (QED) is 0.551. The van der Waals surface area contributed by atoms with E-state index in [1.807, 2.05) is 54.6 Å². The van der Waals surface area contributed by atoms with Gasteiger partial charge in [-0.15, -0.1) is 0 Å². The van der Waals surface area contributed by atoms with E-state index in [0.717, 1.165) is 11.1 Å². The molecule has 0 aliphatic carbocycles. The van der Waals surface area contributed by atoms with Gasteiger partial charge in [-0.3, -0.25) is 4.79 Å². The van der Waals surface area contributed by atoms with Crippen LogP contribution in [0.2, 0.25) is 0 Å². The summed E-state index contributed by atoms with van der Waals surface area (Å²) in [5.74, 6) is 0.732. The first-order valence-electron chi connectivity index (χ1n) is 9.88. The standard InChI is InChI=1S/C25H26FNO2/c1-18(2)17-27-25(28)21-10-8-19(9-11-21)14-15-29-22-12-13-24(26)23(16-22)20-6-4-3-5-7-20/h3-13,16,18H,14-15,17H2,1-2H3,(H,27,28). The van der Waals surface area contributed by atoms with E-state index in [-0.39, 0.29) is 11.7 Å². The van der Waals surface area contributed by atoms with Crippen LogP contribution in [-0.4, -0.2) is 19.1 Å². The maximum Gasteiger partial charge on any atom is 0.251 e. The van der Waals surface area contributed by atoms with Crippen molar-refractivity contribution in [2.24, 2.45) is 5.92 Å². The number of carbonyl (C=O) groups is 1. The lowest BCUT2D eigenvalue weighted by molar-refractivity contribution is 0.0949. The van der Waals surface area contributed by atoms with Crippen LogP contribution in [0, 0.1) is 11.7 Å². The Kier molecular flexibility index (Phi) is 7.01. The molecule has 3 aromatic rings. The van der Waals surface area contributed by atoms with Gasteiger partial charge in [0.2, 0.25) is 0 Å². The fraction of sp³-hybridized carbons (Fsp3) is 0.240. The Morgan fingerprint density at radius 1 is 1.00 bits per heavy atom. The molecule has 0 saturated heterocycles. The van der Waals surface area contributed by atoms with Gasteiger partial charge in [-0.1, -0.05) is 56.3 Å². The van der Waals surface area contributed by atoms with Crippen molar-refractivity contribution in [3.05, 3.63) is 89.7 Å². The summed E-state index contributed by atoms with van der Waals surface area (Å²) in [5.41, 5.74) is 3.08. The van der Waals surface area contributed by atoms with Gasteiger partial charge in [0, 0.05) is 24.1 Å². The fourth-order valence-corrected chi connectivity index (χ4v) is 2.94. The van der Waals surface area contributed by atoms with Crippen molar-refractivity contribution in [1.82, 2.24) is 5.32 Å². The Bertz CT molecular complexity index is 937. The van der Waals surface area contributed by atoms with Gasteiger partial charge in [-0.2, -0.15) is 0 Å². The molecule has 0 saturated carbocycles. The summed E-state index contributed by atoms with van der Waals surface area (Å²) in [6.07, 6.45) is 0.700. The average molecular weight is 391 g/mol. The minimum atomic E-state index is -0.269. The predicted octanol–water partition coefficient (Wildman–Crippen LogP) is 5.50. The van der Waals surface area contributed by atoms with Crippen LogP contribution < -0.4 is 10.1 Å². The monoisotopic (exact) mass is 391 g/mol. The summed E-state index contributed by atoms with van der Waals surface area (Å²) in [6, 6.07) is 21.8. The highest BCUT2D eigenvalue weighted by atomic mass is 19.1. The van der Waals surface area contributed by atoms with Crippen LogP contribution in [0.4, 0.5) is 4.39 Å². The van der Waals surface area contributed by atoms with Crippen molar-refractivity contribution in [1.29, 1.82) is 0 Å². The second-order valence-electron chi connectivity index (χ2n) is 7.41. The van der Waals surface area contributed by atoms with Crippen LogP contribution >= 0.6 is 0 Å². The van der Waals surface area contributed by atoms with Gasteiger partial charge in [0.15, 0.2) is 0 Å². The topological polar surface area (TPSA) is 38.3 Å². The SMILES string of the molecule is CC(C)CNC(=O)c1ccc(CCOc2ccc(F)c(-c3ccccc3)c2)cc1. The number of nitrogens with one attached hydrogen (secondary N) is 1. The maximum absolute atomic E-state index is 14.2. The number of amides is 1. The summed E-state index contributed by atoms with van der Waals surface area (Å²) in [7, 11) is 0. The van der Waals surface area contributed by atoms with E-state index in [2.05, 4.69) is 19.2 Å². The molecule has 0 bridgehead atoms. The molecular formula is C25H26FNO2. The Morgan fingerprint density at radius 2 is 1.72 bits per heavy atom. The van der Waals surface area contributed by atoms with Crippen LogP contribution in [0.3, 0.4) is 0 Å². The van der Waals surface area contributed by atoms with Crippen LogP contribution in [0.15, 0.2) is 72.8 Å². The summed E-state index contributed by atoms with van der Waals surface area (Å²) < 4.78 is 20.0. The van der Waals surface area contributed by atoms with E-state index in [4.69, 9.17) is 4.74 Å². The molecule has 0 aromatic heterocycles. The number of ether oxygens (including phenoxy) is 1. The van der Waals surface area contributed by atoms with Gasteiger partial charge in [-0.05, 0) is 47.4 Å². The molecule has 3 rings (SSSR count). The largest absolute Gasteiger partial charge is 0.493 e. The number of hydrogen-bond donors (Lipinski definition) is 1. The zero-order valence-corrected chi connectivity index (χ0v) is 16.8. The molecule has 0 aliphatic rings. The van der Waals surface area contributed by atoms with Gasteiger partial charge in [-0.25, -0.2) is 4.39 Å². The van der Waals surface area contributed by atoms with E-state index in [0.29, 0.717) is 42.4 Å². The lowest BCUT2D eigenvalue weighted by Crippen LogP contribution is -2.27. The zero-order valence-electron chi connectivity index (χ0n) is 16.8. The van der Waals surface area contributed by atoms with E-state index in [1.54, 1.807) is 12.1 Å². The smallest absolute Gasteiger partial charge is 0.251 e. The van der Waals surface area contributed by atoms with Gasteiger partial charge in [0.25, 0.3) is 5.91 Å². The summed E-state index contributed by atoms with van der Waals surface area (Å²) >= 11 is 0. The molecule has 0 aliphatic heterocycles. The number of halogens is 1. The van der Waals surface area contributed by atoms with Crippen molar-refractivity contribution >= 4 is 5.91 Å². The molecule has 0 heterocycles. The summed E-state index contributed by atoms with van der Waals surface area (Å²) in [5, 5.41) is 2.91. The Hall–Kier alpha value is -3.14. The zero-order chi connectivity index (χ0) is 20.6. The molecule has 4 heteroatoms. The highest BCUT2D eigenvalue weighted by Crippen LogP contribution is 2.27. The maximum atomic E-state index is 14.2. The fourth-order valence-electron chi connectivity index (χ4n) is 2.94. The minimum absolute atomic E-state index is 0.0544. The molecule has 0 unspecified atom stereocenters. The normalized spacial score (nSPS) is 10.8. The molecule has 0 fully saturated rings. The minimum Gasteiger partial charge on any atom is -0.493 e. The van der Waals surface area contributed by atoms with E-state index in [1.165, 1.54) is 6.07 Å². The van der Waals surface area contributed by atoms with Crippen molar-refractivity contribution in [3.63, 3.8) is 0 Å². The van der Waals surface area contributed by atoms with Crippen LogP contribution in [-0.2, 0) is 6.42 Å². The van der Waals surface area contributed by atoms with Gasteiger partial charge >= 0.3 is 0 Å². The molecule has 29 heavy (non-hydrogen) atoms. The molecule has 3 nitrogen and oxygen atoms in total. The van der Waals surface area contributed by atoms with E-state index in [9.17, 15) is 9.18 Å². The molecule has 1 amide bonds. The second kappa shape index (κ2) is 9.87. The Morgan fingerprint density at radius 3 is 2.41 bits per heavy atom. The molecule has 150 valence electrons. The summed E-state index contributed by atoms with van der Waals surface area (Å²) in [4.78, 5) is 12.1. The van der Waals surface area contributed by atoms with E-state index < -0.39 is 0 Å². The van der Waals surface area contributed by atoms with Crippen molar-refractivity contribution in [2.75, 3.05) is 13.2 Å². The number of hydrogen-bond acceptors (Lipinski definition) is 2. The molecular weight excluding hydrogens is 365 g/mol.